The van der Waals surface area contributed by atoms with Crippen molar-refractivity contribution < 1.29 is 8.78 Å². The van der Waals surface area contributed by atoms with Crippen LogP contribution in [0.4, 0.5) is 14.6 Å². The van der Waals surface area contributed by atoms with E-state index in [0.29, 0.717) is 27.8 Å². The number of hydrogen-bond acceptors (Lipinski definition) is 7. The lowest BCUT2D eigenvalue weighted by Gasteiger charge is -2.28. The lowest BCUT2D eigenvalue weighted by atomic mass is 10.0. The molecule has 8 nitrogen and oxygen atoms in total. The van der Waals surface area contributed by atoms with Gasteiger partial charge in [0.25, 0.3) is 0 Å². The second kappa shape index (κ2) is 8.89. The van der Waals surface area contributed by atoms with Crippen LogP contribution in [-0.4, -0.2) is 53.5 Å². The van der Waals surface area contributed by atoms with Crippen molar-refractivity contribution in [3.8, 4) is 17.2 Å². The van der Waals surface area contributed by atoms with E-state index in [2.05, 4.69) is 31.4 Å². The molecule has 0 spiro atoms. The number of alkyl halides is 2. The van der Waals surface area contributed by atoms with Gasteiger partial charge in [0.2, 0.25) is 0 Å². The van der Waals surface area contributed by atoms with Crippen LogP contribution in [0.25, 0.3) is 22.2 Å². The van der Waals surface area contributed by atoms with Crippen molar-refractivity contribution in [3.63, 3.8) is 0 Å². The van der Waals surface area contributed by atoms with E-state index in [4.69, 9.17) is 5.73 Å². The molecule has 4 heterocycles. The van der Waals surface area contributed by atoms with Crippen LogP contribution < -0.4 is 16.0 Å². The largest absolute Gasteiger partial charge is 0.404 e. The molecule has 0 amide bonds. The summed E-state index contributed by atoms with van der Waals surface area (Å²) in [4.78, 5) is 9.92. The van der Waals surface area contributed by atoms with Gasteiger partial charge in [0.05, 0.1) is 17.3 Å². The van der Waals surface area contributed by atoms with Crippen LogP contribution in [0.15, 0.2) is 48.0 Å². The molecule has 0 atom stereocenters. The van der Waals surface area contributed by atoms with Crippen molar-refractivity contribution >= 4 is 23.1 Å². The number of aliphatic imine (C=N–C) groups is 1. The molecule has 0 saturated carbocycles. The van der Waals surface area contributed by atoms with Crippen LogP contribution in [0, 0.1) is 11.3 Å². The summed E-state index contributed by atoms with van der Waals surface area (Å²) < 4.78 is 26.6. The van der Waals surface area contributed by atoms with E-state index in [-0.39, 0.29) is 0 Å². The first-order valence-corrected chi connectivity index (χ1v) is 9.68. The Labute approximate surface area is 177 Å². The molecule has 1 aliphatic rings. The summed E-state index contributed by atoms with van der Waals surface area (Å²) in [5, 5.41) is 17.1. The van der Waals surface area contributed by atoms with Crippen molar-refractivity contribution in [1.82, 2.24) is 19.9 Å². The Hall–Kier alpha value is -3.84. The minimum Gasteiger partial charge on any atom is -0.404 e. The molecule has 1 fully saturated rings. The molecular formula is C21H20F2N8. The standard InChI is InChI=1S/C21H20F2N8/c22-21(23)28-11-16(8-24)15-7-18(20-17(9-25)12-29-31(20)13-15)14-1-2-19(27-10-14)30-5-3-26-4-6-30/h1-2,7-8,10-13,21,26H,3-6,24H2. The number of nitrogens with one attached hydrogen (secondary N) is 1. The Morgan fingerprint density at radius 3 is 2.74 bits per heavy atom. The molecule has 3 aromatic heterocycles. The van der Waals surface area contributed by atoms with Gasteiger partial charge in [0, 0.05) is 73.3 Å². The minimum atomic E-state index is -2.84. The first-order valence-electron chi connectivity index (χ1n) is 9.68. The van der Waals surface area contributed by atoms with Gasteiger partial charge >= 0.3 is 6.55 Å². The third-order valence-corrected chi connectivity index (χ3v) is 5.07. The molecule has 0 aliphatic carbocycles. The number of nitrogens with two attached hydrogens (primary N) is 1. The topological polar surface area (TPSA) is 108 Å². The number of allylic oxidation sites excluding steroid dienone is 1. The number of aromatic nitrogens is 3. The minimum absolute atomic E-state index is 0.308. The van der Waals surface area contributed by atoms with Gasteiger partial charge < -0.3 is 16.0 Å². The van der Waals surface area contributed by atoms with Crippen LogP contribution in [0.3, 0.4) is 0 Å². The van der Waals surface area contributed by atoms with E-state index in [0.717, 1.165) is 43.8 Å². The van der Waals surface area contributed by atoms with Gasteiger partial charge in [0.1, 0.15) is 11.9 Å². The van der Waals surface area contributed by atoms with Crippen LogP contribution in [0.2, 0.25) is 0 Å². The number of anilines is 1. The molecule has 0 bridgehead atoms. The number of fused-ring (bicyclic) bond motifs is 1. The SMILES string of the molecule is N#Cc1cnn2cc(C(C=NC(F)F)=CN)cc(-c3ccc(N4CCNCC4)nc3)c12. The molecule has 4 rings (SSSR count). The van der Waals surface area contributed by atoms with E-state index >= 15 is 0 Å². The fourth-order valence-corrected chi connectivity index (χ4v) is 3.56. The number of nitrogens with zero attached hydrogens (tertiary/aromatic N) is 6. The molecule has 1 saturated heterocycles. The highest BCUT2D eigenvalue weighted by Crippen LogP contribution is 2.30. The number of hydrogen-bond donors (Lipinski definition) is 2. The summed E-state index contributed by atoms with van der Waals surface area (Å²) >= 11 is 0. The summed E-state index contributed by atoms with van der Waals surface area (Å²) in [5.41, 5.74) is 8.95. The normalized spacial score (nSPS) is 15.2. The summed E-state index contributed by atoms with van der Waals surface area (Å²) in [7, 11) is 0. The third kappa shape index (κ3) is 4.22. The maximum absolute atomic E-state index is 12.5. The van der Waals surface area contributed by atoms with Gasteiger partial charge in [-0.15, -0.1) is 0 Å². The highest BCUT2D eigenvalue weighted by Gasteiger charge is 2.16. The Balaban J connectivity index is 1.80. The quantitative estimate of drug-likeness (QED) is 0.483. The Bertz CT molecular complexity index is 1170. The average Bonchev–Trinajstić information content (AvgIpc) is 3.23. The summed E-state index contributed by atoms with van der Waals surface area (Å²) in [6.07, 6.45) is 7.06. The predicted molar refractivity (Wildman–Crippen MR) is 115 cm³/mol. The lowest BCUT2D eigenvalue weighted by Crippen LogP contribution is -2.43. The smallest absolute Gasteiger partial charge is 0.331 e. The molecule has 3 N–H and O–H groups in total. The van der Waals surface area contributed by atoms with Gasteiger partial charge in [-0.2, -0.15) is 19.1 Å². The number of halogens is 2. The first kappa shape index (κ1) is 20.4. The Morgan fingerprint density at radius 2 is 2.10 bits per heavy atom. The molecule has 31 heavy (non-hydrogen) atoms. The zero-order valence-corrected chi connectivity index (χ0v) is 16.5. The molecule has 0 unspecified atom stereocenters. The van der Waals surface area contributed by atoms with Gasteiger partial charge in [-0.3, -0.25) is 0 Å². The molecule has 158 valence electrons. The number of pyridine rings is 2. The second-order valence-electron chi connectivity index (χ2n) is 6.93. The number of nitriles is 1. The summed E-state index contributed by atoms with van der Waals surface area (Å²) in [6.45, 7) is 0.724. The second-order valence-corrected chi connectivity index (χ2v) is 6.93. The zero-order chi connectivity index (χ0) is 21.8. The highest BCUT2D eigenvalue weighted by atomic mass is 19.3. The summed E-state index contributed by atoms with van der Waals surface area (Å²) in [5.74, 6) is 0.873. The lowest BCUT2D eigenvalue weighted by molar-refractivity contribution is 0.161. The molecule has 3 aromatic rings. The van der Waals surface area contributed by atoms with Crippen molar-refractivity contribution in [2.75, 3.05) is 31.1 Å². The maximum atomic E-state index is 12.5. The Morgan fingerprint density at radius 1 is 1.29 bits per heavy atom. The van der Waals surface area contributed by atoms with Crippen LogP contribution in [0.5, 0.6) is 0 Å². The van der Waals surface area contributed by atoms with Gasteiger partial charge in [-0.05, 0) is 18.2 Å². The molecular weight excluding hydrogens is 402 g/mol. The number of piperazine rings is 1. The van der Waals surface area contributed by atoms with Gasteiger partial charge in [-0.25, -0.2) is 14.5 Å². The van der Waals surface area contributed by atoms with Crippen LogP contribution >= 0.6 is 0 Å². The van der Waals surface area contributed by atoms with E-state index in [1.54, 1.807) is 18.5 Å². The van der Waals surface area contributed by atoms with Crippen molar-refractivity contribution in [3.05, 3.63) is 54.1 Å². The van der Waals surface area contributed by atoms with Crippen molar-refractivity contribution in [2.45, 2.75) is 6.55 Å². The van der Waals surface area contributed by atoms with E-state index < -0.39 is 6.55 Å². The molecule has 10 heteroatoms. The average molecular weight is 422 g/mol. The highest BCUT2D eigenvalue weighted by molar-refractivity contribution is 6.10. The zero-order valence-electron chi connectivity index (χ0n) is 16.5. The predicted octanol–water partition coefficient (Wildman–Crippen LogP) is 2.27. The van der Waals surface area contributed by atoms with Crippen molar-refractivity contribution in [2.24, 2.45) is 10.7 Å². The van der Waals surface area contributed by atoms with Crippen LogP contribution in [0.1, 0.15) is 11.1 Å². The fraction of sp³-hybridized carbons (Fsp3) is 0.238. The number of rotatable bonds is 5. The molecule has 1 aliphatic heterocycles. The Kier molecular flexibility index (Phi) is 5.86. The van der Waals surface area contributed by atoms with E-state index in [9.17, 15) is 14.0 Å². The monoisotopic (exact) mass is 422 g/mol. The maximum Gasteiger partial charge on any atom is 0.331 e. The first-order chi connectivity index (χ1) is 15.1. The van der Waals surface area contributed by atoms with Gasteiger partial charge in [-0.1, -0.05) is 0 Å². The van der Waals surface area contributed by atoms with E-state index in [1.807, 2.05) is 12.1 Å². The van der Waals surface area contributed by atoms with E-state index in [1.165, 1.54) is 16.9 Å². The molecule has 0 radical (unpaired) electrons. The van der Waals surface area contributed by atoms with Crippen LogP contribution in [-0.2, 0) is 0 Å². The summed E-state index contributed by atoms with van der Waals surface area (Å²) in [6, 6.07) is 7.78. The van der Waals surface area contributed by atoms with Crippen molar-refractivity contribution in [1.29, 1.82) is 5.26 Å². The molecule has 0 aromatic carbocycles. The fourth-order valence-electron chi connectivity index (χ4n) is 3.56. The third-order valence-electron chi connectivity index (χ3n) is 5.07. The van der Waals surface area contributed by atoms with Gasteiger partial charge in [0.15, 0.2) is 0 Å².